The molecule has 0 aromatic rings. The molecule has 0 radical (unpaired) electrons. The van der Waals surface area contributed by atoms with E-state index in [0.29, 0.717) is 12.6 Å². The first-order valence-corrected chi connectivity index (χ1v) is 5.23. The van der Waals surface area contributed by atoms with Crippen molar-refractivity contribution >= 4 is 0 Å². The topological polar surface area (TPSA) is 33.7 Å². The predicted octanol–water partition coefficient (Wildman–Crippen LogP) is -0.0585. The van der Waals surface area contributed by atoms with Crippen molar-refractivity contribution < 1.29 is 9.47 Å². The highest BCUT2D eigenvalue weighted by atomic mass is 16.5. The molecule has 0 amide bonds. The Bertz CT molecular complexity index is 155. The van der Waals surface area contributed by atoms with Crippen LogP contribution >= 0.6 is 0 Å². The van der Waals surface area contributed by atoms with Crippen LogP contribution in [-0.4, -0.2) is 64.1 Å². The Morgan fingerprint density at radius 2 is 2.29 bits per heavy atom. The minimum Gasteiger partial charge on any atom is -0.382 e. The van der Waals surface area contributed by atoms with Gasteiger partial charge in [0.1, 0.15) is 0 Å². The van der Waals surface area contributed by atoms with Gasteiger partial charge in [-0.05, 0) is 6.92 Å². The molecule has 0 aromatic carbocycles. The average Bonchev–Trinajstić information content (AvgIpc) is 2.17. The molecule has 1 aliphatic heterocycles. The van der Waals surface area contributed by atoms with Gasteiger partial charge in [0, 0.05) is 46.4 Å². The van der Waals surface area contributed by atoms with Crippen LogP contribution in [0.3, 0.4) is 0 Å². The van der Waals surface area contributed by atoms with E-state index in [1.807, 2.05) is 0 Å². The smallest absolute Gasteiger partial charge is 0.0931 e. The van der Waals surface area contributed by atoms with E-state index < -0.39 is 0 Å². The van der Waals surface area contributed by atoms with Gasteiger partial charge in [0.25, 0.3) is 0 Å². The maximum atomic E-state index is 5.34. The van der Waals surface area contributed by atoms with Gasteiger partial charge >= 0.3 is 0 Å². The molecule has 14 heavy (non-hydrogen) atoms. The van der Waals surface area contributed by atoms with Gasteiger partial charge in [0.15, 0.2) is 0 Å². The van der Waals surface area contributed by atoms with E-state index in [4.69, 9.17) is 9.47 Å². The molecular formula is C10H22N2O2. The summed E-state index contributed by atoms with van der Waals surface area (Å²) < 4.78 is 10.4. The molecular weight excluding hydrogens is 180 g/mol. The monoisotopic (exact) mass is 202 g/mol. The van der Waals surface area contributed by atoms with Gasteiger partial charge < -0.3 is 14.8 Å². The molecule has 1 aliphatic rings. The normalized spacial score (nSPS) is 26.4. The number of piperazine rings is 1. The number of hydrogen-bond acceptors (Lipinski definition) is 4. The SMILES string of the molecule is COCC(CN1CCNC(C)C1)OC. The number of nitrogens with zero attached hydrogens (tertiary/aromatic N) is 1. The summed E-state index contributed by atoms with van der Waals surface area (Å²) in [7, 11) is 3.46. The molecule has 1 saturated heterocycles. The van der Waals surface area contributed by atoms with Crippen molar-refractivity contribution in [1.82, 2.24) is 10.2 Å². The van der Waals surface area contributed by atoms with E-state index in [2.05, 4.69) is 17.1 Å². The Hall–Kier alpha value is -0.160. The molecule has 0 saturated carbocycles. The summed E-state index contributed by atoms with van der Waals surface area (Å²) in [4.78, 5) is 2.42. The van der Waals surface area contributed by atoms with E-state index in [1.165, 1.54) is 0 Å². The molecule has 4 heteroatoms. The second-order valence-corrected chi connectivity index (χ2v) is 3.93. The van der Waals surface area contributed by atoms with Crippen molar-refractivity contribution in [2.24, 2.45) is 0 Å². The first-order valence-electron chi connectivity index (χ1n) is 5.23. The van der Waals surface area contributed by atoms with E-state index >= 15 is 0 Å². The van der Waals surface area contributed by atoms with Gasteiger partial charge in [-0.25, -0.2) is 0 Å². The highest BCUT2D eigenvalue weighted by molar-refractivity contribution is 4.77. The Morgan fingerprint density at radius 1 is 1.50 bits per heavy atom. The summed E-state index contributed by atoms with van der Waals surface area (Å²) in [6.07, 6.45) is 0.199. The minimum absolute atomic E-state index is 0.199. The molecule has 2 atom stereocenters. The average molecular weight is 202 g/mol. The fraction of sp³-hybridized carbons (Fsp3) is 1.00. The zero-order valence-corrected chi connectivity index (χ0v) is 9.45. The van der Waals surface area contributed by atoms with Crippen LogP contribution in [0, 0.1) is 0 Å². The van der Waals surface area contributed by atoms with Gasteiger partial charge in [0.2, 0.25) is 0 Å². The zero-order valence-electron chi connectivity index (χ0n) is 9.45. The molecule has 0 bridgehead atoms. The van der Waals surface area contributed by atoms with Crippen molar-refractivity contribution in [3.05, 3.63) is 0 Å². The minimum atomic E-state index is 0.199. The zero-order chi connectivity index (χ0) is 10.4. The lowest BCUT2D eigenvalue weighted by Gasteiger charge is -2.33. The van der Waals surface area contributed by atoms with E-state index in [0.717, 1.165) is 26.2 Å². The van der Waals surface area contributed by atoms with Gasteiger partial charge in [-0.1, -0.05) is 0 Å². The molecule has 1 fully saturated rings. The van der Waals surface area contributed by atoms with Crippen LogP contribution in [0.15, 0.2) is 0 Å². The van der Waals surface area contributed by atoms with Crippen LogP contribution in [0.4, 0.5) is 0 Å². The molecule has 2 unspecified atom stereocenters. The van der Waals surface area contributed by atoms with Crippen molar-refractivity contribution in [3.63, 3.8) is 0 Å². The summed E-state index contributed by atoms with van der Waals surface area (Å²) in [5.41, 5.74) is 0. The molecule has 0 aliphatic carbocycles. The molecule has 1 rings (SSSR count). The largest absolute Gasteiger partial charge is 0.382 e. The van der Waals surface area contributed by atoms with Gasteiger partial charge in [-0.2, -0.15) is 0 Å². The lowest BCUT2D eigenvalue weighted by molar-refractivity contribution is 0.00170. The molecule has 1 heterocycles. The number of methoxy groups -OCH3 is 2. The van der Waals surface area contributed by atoms with E-state index in [-0.39, 0.29) is 6.10 Å². The lowest BCUT2D eigenvalue weighted by atomic mass is 10.2. The summed E-state index contributed by atoms with van der Waals surface area (Å²) in [5.74, 6) is 0. The van der Waals surface area contributed by atoms with Crippen LogP contribution in [-0.2, 0) is 9.47 Å². The van der Waals surface area contributed by atoms with Crippen molar-refractivity contribution in [2.45, 2.75) is 19.1 Å². The molecule has 1 N–H and O–H groups in total. The Morgan fingerprint density at radius 3 is 2.86 bits per heavy atom. The van der Waals surface area contributed by atoms with Gasteiger partial charge in [0.05, 0.1) is 12.7 Å². The fourth-order valence-corrected chi connectivity index (χ4v) is 1.85. The standard InChI is InChI=1S/C10H22N2O2/c1-9-6-12(5-4-11-9)7-10(14-3)8-13-2/h9-11H,4-8H2,1-3H3. The van der Waals surface area contributed by atoms with Crippen molar-refractivity contribution in [2.75, 3.05) is 47.0 Å². The maximum Gasteiger partial charge on any atom is 0.0931 e. The summed E-state index contributed by atoms with van der Waals surface area (Å²) in [6, 6.07) is 0.587. The number of rotatable bonds is 5. The third-order valence-electron chi connectivity index (χ3n) is 2.60. The Kier molecular flexibility index (Phi) is 5.40. The highest BCUT2D eigenvalue weighted by Gasteiger charge is 2.18. The van der Waals surface area contributed by atoms with Crippen LogP contribution in [0.25, 0.3) is 0 Å². The van der Waals surface area contributed by atoms with E-state index in [1.54, 1.807) is 14.2 Å². The summed E-state index contributed by atoms with van der Waals surface area (Å²) in [6.45, 7) is 7.14. The van der Waals surface area contributed by atoms with Crippen LogP contribution in [0.5, 0.6) is 0 Å². The third kappa shape index (κ3) is 3.92. The number of ether oxygens (including phenoxy) is 2. The van der Waals surface area contributed by atoms with Crippen LogP contribution in [0.1, 0.15) is 6.92 Å². The predicted molar refractivity (Wildman–Crippen MR) is 56.6 cm³/mol. The van der Waals surface area contributed by atoms with Crippen LogP contribution in [0.2, 0.25) is 0 Å². The number of nitrogens with one attached hydrogen (secondary N) is 1. The summed E-state index contributed by atoms with van der Waals surface area (Å²) in [5, 5.41) is 3.42. The number of hydrogen-bond donors (Lipinski definition) is 1. The van der Waals surface area contributed by atoms with Crippen molar-refractivity contribution in [1.29, 1.82) is 0 Å². The fourth-order valence-electron chi connectivity index (χ4n) is 1.85. The van der Waals surface area contributed by atoms with Gasteiger partial charge in [-0.3, -0.25) is 4.90 Å². The van der Waals surface area contributed by atoms with E-state index in [9.17, 15) is 0 Å². The lowest BCUT2D eigenvalue weighted by Crippen LogP contribution is -2.51. The second kappa shape index (κ2) is 6.35. The van der Waals surface area contributed by atoms with Crippen LogP contribution < -0.4 is 5.32 Å². The third-order valence-corrected chi connectivity index (χ3v) is 2.60. The Balaban J connectivity index is 2.26. The molecule has 0 spiro atoms. The molecule has 4 nitrogen and oxygen atoms in total. The highest BCUT2D eigenvalue weighted by Crippen LogP contribution is 2.02. The molecule has 84 valence electrons. The van der Waals surface area contributed by atoms with Crippen molar-refractivity contribution in [3.8, 4) is 0 Å². The first kappa shape index (κ1) is 11.9. The summed E-state index contributed by atoms with van der Waals surface area (Å²) >= 11 is 0. The quantitative estimate of drug-likeness (QED) is 0.677. The maximum absolute atomic E-state index is 5.34. The Labute approximate surface area is 86.6 Å². The second-order valence-electron chi connectivity index (χ2n) is 3.93. The molecule has 0 aromatic heterocycles. The van der Waals surface area contributed by atoms with Gasteiger partial charge in [-0.15, -0.1) is 0 Å². The first-order chi connectivity index (χ1) is 6.76.